The Kier molecular flexibility index (Phi) is 4.61. The summed E-state index contributed by atoms with van der Waals surface area (Å²) in [6.07, 6.45) is 2.83. The van der Waals surface area contributed by atoms with Crippen molar-refractivity contribution in [2.24, 2.45) is 0 Å². The lowest BCUT2D eigenvalue weighted by molar-refractivity contribution is 0.366. The fourth-order valence-electron chi connectivity index (χ4n) is 2.59. The average Bonchev–Trinajstić information content (AvgIpc) is 2.83. The van der Waals surface area contributed by atoms with Gasteiger partial charge < -0.3 is 9.73 Å². The van der Waals surface area contributed by atoms with Crippen LogP contribution in [0.15, 0.2) is 40.9 Å². The van der Waals surface area contributed by atoms with Gasteiger partial charge in [0.15, 0.2) is 0 Å². The number of nitrogens with zero attached hydrogens (tertiary/aromatic N) is 1. The first-order chi connectivity index (χ1) is 9.47. The van der Waals surface area contributed by atoms with E-state index in [9.17, 15) is 0 Å². The van der Waals surface area contributed by atoms with Crippen molar-refractivity contribution in [3.8, 4) is 0 Å². The lowest BCUT2D eigenvalue weighted by atomic mass is 9.79. The second-order valence-electron chi connectivity index (χ2n) is 6.10. The summed E-state index contributed by atoms with van der Waals surface area (Å²) in [4.78, 5) is 4.21. The molecule has 108 valence electrons. The molecule has 0 fully saturated rings. The molecule has 1 unspecified atom stereocenters. The fourth-order valence-corrected chi connectivity index (χ4v) is 2.59. The number of hydrogen-bond acceptors (Lipinski definition) is 3. The lowest BCUT2D eigenvalue weighted by Gasteiger charge is -2.29. The van der Waals surface area contributed by atoms with Crippen molar-refractivity contribution in [2.75, 3.05) is 0 Å². The van der Waals surface area contributed by atoms with Crippen LogP contribution in [0, 0.1) is 6.92 Å². The molecule has 0 spiro atoms. The molecule has 0 aliphatic heterocycles. The average molecular weight is 272 g/mol. The molecule has 0 radical (unpaired) electrons. The van der Waals surface area contributed by atoms with Crippen molar-refractivity contribution >= 4 is 0 Å². The molecule has 0 bridgehead atoms. The van der Waals surface area contributed by atoms with E-state index >= 15 is 0 Å². The van der Waals surface area contributed by atoms with Crippen LogP contribution in [0.1, 0.15) is 44.4 Å². The Morgan fingerprint density at radius 1 is 1.25 bits per heavy atom. The minimum atomic E-state index is 0.153. The highest BCUT2D eigenvalue weighted by atomic mass is 16.4. The minimum Gasteiger partial charge on any atom is -0.445 e. The van der Waals surface area contributed by atoms with Crippen LogP contribution in [0.2, 0.25) is 0 Å². The molecule has 1 aromatic heterocycles. The van der Waals surface area contributed by atoms with Crippen LogP contribution in [-0.2, 0) is 12.0 Å². The van der Waals surface area contributed by atoms with E-state index in [0.29, 0.717) is 12.6 Å². The van der Waals surface area contributed by atoms with Crippen molar-refractivity contribution in [3.63, 3.8) is 0 Å². The molecule has 0 aliphatic carbocycles. The molecule has 1 aromatic carbocycles. The summed E-state index contributed by atoms with van der Waals surface area (Å²) in [5, 5.41) is 3.48. The Morgan fingerprint density at radius 3 is 2.55 bits per heavy atom. The molecule has 0 saturated carbocycles. The summed E-state index contributed by atoms with van der Waals surface area (Å²) in [7, 11) is 0. The number of hydrogen-bond donors (Lipinski definition) is 1. The van der Waals surface area contributed by atoms with Crippen molar-refractivity contribution < 1.29 is 4.42 Å². The van der Waals surface area contributed by atoms with Crippen LogP contribution in [0.3, 0.4) is 0 Å². The number of aromatic nitrogens is 1. The normalized spacial score (nSPS) is 13.4. The van der Waals surface area contributed by atoms with Crippen LogP contribution in [-0.4, -0.2) is 11.0 Å². The standard InChI is InChI=1S/C17H24N2O/c1-13(18-12-16-19-11-14(2)20-16)10-17(3,4)15-8-6-5-7-9-15/h5-9,11,13,18H,10,12H2,1-4H3. The summed E-state index contributed by atoms with van der Waals surface area (Å²) in [6, 6.07) is 11.1. The summed E-state index contributed by atoms with van der Waals surface area (Å²) < 4.78 is 5.48. The van der Waals surface area contributed by atoms with Gasteiger partial charge in [0.25, 0.3) is 0 Å². The van der Waals surface area contributed by atoms with Gasteiger partial charge in [0.05, 0.1) is 12.7 Å². The van der Waals surface area contributed by atoms with Gasteiger partial charge in [0, 0.05) is 6.04 Å². The summed E-state index contributed by atoms with van der Waals surface area (Å²) in [5.74, 6) is 1.62. The Hall–Kier alpha value is -1.61. The second-order valence-corrected chi connectivity index (χ2v) is 6.10. The molecular weight excluding hydrogens is 248 g/mol. The molecule has 1 heterocycles. The van der Waals surface area contributed by atoms with Gasteiger partial charge in [-0.15, -0.1) is 0 Å². The number of nitrogens with one attached hydrogen (secondary N) is 1. The molecule has 2 rings (SSSR count). The minimum absolute atomic E-state index is 0.153. The monoisotopic (exact) mass is 272 g/mol. The molecule has 0 aliphatic rings. The van der Waals surface area contributed by atoms with E-state index in [-0.39, 0.29) is 5.41 Å². The maximum Gasteiger partial charge on any atom is 0.208 e. The van der Waals surface area contributed by atoms with E-state index in [1.807, 2.05) is 6.92 Å². The van der Waals surface area contributed by atoms with Crippen LogP contribution in [0.25, 0.3) is 0 Å². The number of oxazole rings is 1. The summed E-state index contributed by atoms with van der Waals surface area (Å²) in [6.45, 7) is 9.38. The summed E-state index contributed by atoms with van der Waals surface area (Å²) in [5.41, 5.74) is 1.53. The molecule has 3 heteroatoms. The number of rotatable bonds is 6. The zero-order valence-electron chi connectivity index (χ0n) is 12.8. The van der Waals surface area contributed by atoms with Gasteiger partial charge in [0.2, 0.25) is 5.89 Å². The first kappa shape index (κ1) is 14.8. The predicted molar refractivity (Wildman–Crippen MR) is 81.6 cm³/mol. The molecule has 0 amide bonds. The van der Waals surface area contributed by atoms with Gasteiger partial charge in [-0.1, -0.05) is 44.2 Å². The zero-order chi connectivity index (χ0) is 14.6. The topological polar surface area (TPSA) is 38.1 Å². The van der Waals surface area contributed by atoms with Gasteiger partial charge in [-0.2, -0.15) is 0 Å². The third-order valence-corrected chi connectivity index (χ3v) is 3.64. The lowest BCUT2D eigenvalue weighted by Crippen LogP contribution is -2.33. The van der Waals surface area contributed by atoms with Gasteiger partial charge >= 0.3 is 0 Å². The maximum absolute atomic E-state index is 5.48. The molecule has 1 atom stereocenters. The molecule has 20 heavy (non-hydrogen) atoms. The van der Waals surface area contributed by atoms with Crippen LogP contribution in [0.5, 0.6) is 0 Å². The number of aryl methyl sites for hydroxylation is 1. The van der Waals surface area contributed by atoms with Crippen molar-refractivity contribution in [1.82, 2.24) is 10.3 Å². The van der Waals surface area contributed by atoms with Crippen LogP contribution in [0.4, 0.5) is 0 Å². The first-order valence-corrected chi connectivity index (χ1v) is 7.17. The Bertz CT molecular complexity index is 531. The molecule has 3 nitrogen and oxygen atoms in total. The molecular formula is C17H24N2O. The van der Waals surface area contributed by atoms with E-state index < -0.39 is 0 Å². The Labute approximate surface area is 121 Å². The third kappa shape index (κ3) is 3.94. The SMILES string of the molecule is Cc1cnc(CNC(C)CC(C)(C)c2ccccc2)o1. The first-order valence-electron chi connectivity index (χ1n) is 7.17. The molecule has 1 N–H and O–H groups in total. The van der Waals surface area contributed by atoms with Gasteiger partial charge in [-0.3, -0.25) is 0 Å². The highest BCUT2D eigenvalue weighted by Gasteiger charge is 2.23. The highest BCUT2D eigenvalue weighted by molar-refractivity contribution is 5.23. The van der Waals surface area contributed by atoms with E-state index in [2.05, 4.69) is 61.4 Å². The molecule has 0 saturated heterocycles. The van der Waals surface area contributed by atoms with Crippen LogP contribution >= 0.6 is 0 Å². The smallest absolute Gasteiger partial charge is 0.208 e. The van der Waals surface area contributed by atoms with Crippen LogP contribution < -0.4 is 5.32 Å². The third-order valence-electron chi connectivity index (χ3n) is 3.64. The van der Waals surface area contributed by atoms with Gasteiger partial charge in [-0.05, 0) is 31.2 Å². The van der Waals surface area contributed by atoms with Gasteiger partial charge in [-0.25, -0.2) is 4.98 Å². The molecule has 2 aromatic rings. The van der Waals surface area contributed by atoms with E-state index in [1.54, 1.807) is 6.20 Å². The largest absolute Gasteiger partial charge is 0.445 e. The van der Waals surface area contributed by atoms with Crippen molar-refractivity contribution in [3.05, 3.63) is 53.7 Å². The Morgan fingerprint density at radius 2 is 1.95 bits per heavy atom. The van der Waals surface area contributed by atoms with E-state index in [0.717, 1.165) is 18.1 Å². The Balaban J connectivity index is 1.89. The van der Waals surface area contributed by atoms with E-state index in [4.69, 9.17) is 4.42 Å². The zero-order valence-corrected chi connectivity index (χ0v) is 12.8. The van der Waals surface area contributed by atoms with Gasteiger partial charge in [0.1, 0.15) is 5.76 Å². The predicted octanol–water partition coefficient (Wildman–Crippen LogP) is 3.83. The summed E-state index contributed by atoms with van der Waals surface area (Å²) >= 11 is 0. The maximum atomic E-state index is 5.48. The highest BCUT2D eigenvalue weighted by Crippen LogP contribution is 2.28. The second kappa shape index (κ2) is 6.23. The van der Waals surface area contributed by atoms with Crippen molar-refractivity contribution in [2.45, 2.75) is 52.1 Å². The van der Waals surface area contributed by atoms with Crippen molar-refractivity contribution in [1.29, 1.82) is 0 Å². The fraction of sp³-hybridized carbons (Fsp3) is 0.471. The van der Waals surface area contributed by atoms with E-state index in [1.165, 1.54) is 5.56 Å². The quantitative estimate of drug-likeness (QED) is 0.868. The number of benzene rings is 1.